The van der Waals surface area contributed by atoms with Gasteiger partial charge in [-0.25, -0.2) is 14.8 Å². The molecule has 1 spiro atoms. The van der Waals surface area contributed by atoms with Gasteiger partial charge in [-0.1, -0.05) is 36.3 Å². The number of amides is 2. The van der Waals surface area contributed by atoms with Gasteiger partial charge >= 0.3 is 6.03 Å². The number of rotatable bonds is 6. The summed E-state index contributed by atoms with van der Waals surface area (Å²) in [6.07, 6.45) is 4.39. The summed E-state index contributed by atoms with van der Waals surface area (Å²) in [5.41, 5.74) is 4.63. The molecule has 2 aromatic heterocycles. The topological polar surface area (TPSA) is 84.4 Å². The van der Waals surface area contributed by atoms with Gasteiger partial charge in [-0.2, -0.15) is 0 Å². The number of hydrogen-bond acceptors (Lipinski definition) is 6. The molecule has 0 saturated heterocycles. The van der Waals surface area contributed by atoms with Gasteiger partial charge in [0.25, 0.3) is 5.19 Å². The average molecular weight is 512 g/mol. The van der Waals surface area contributed by atoms with E-state index in [1.165, 1.54) is 11.3 Å². The molecule has 1 aliphatic carbocycles. The van der Waals surface area contributed by atoms with E-state index in [2.05, 4.69) is 10.3 Å². The molecule has 1 N–H and O–H groups in total. The fourth-order valence-electron chi connectivity index (χ4n) is 5.21. The van der Waals surface area contributed by atoms with Crippen molar-refractivity contribution in [3.05, 3.63) is 53.3 Å². The van der Waals surface area contributed by atoms with Crippen LogP contribution < -0.4 is 15.0 Å². The summed E-state index contributed by atoms with van der Waals surface area (Å²) in [5, 5.41) is 3.71. The van der Waals surface area contributed by atoms with Gasteiger partial charge in [-0.05, 0) is 56.5 Å². The van der Waals surface area contributed by atoms with Crippen LogP contribution in [0, 0.1) is 6.92 Å². The first-order chi connectivity index (χ1) is 16.9. The summed E-state index contributed by atoms with van der Waals surface area (Å²) in [4.78, 5) is 26.6. The zero-order chi connectivity index (χ0) is 24.6. The number of thiol groups is 1. The number of nitrogens with one attached hydrogen (secondary N) is 1. The normalized spacial score (nSPS) is 16.9. The smallest absolute Gasteiger partial charge is 0.322 e. The molecule has 1 fully saturated rings. The SMILES string of the molecule is CC[SH+](=O)c1ccc(CNC(=O)N2CC3(CCCC3)c3nc(-c4sc(OC)nc4C)ccc32)cc1. The number of aryl methyl sites for hydroxylation is 1. The van der Waals surface area contributed by atoms with E-state index in [0.717, 1.165) is 63.8 Å². The lowest BCUT2D eigenvalue weighted by Crippen LogP contribution is -2.41. The molecule has 5 rings (SSSR count). The van der Waals surface area contributed by atoms with Gasteiger partial charge in [0.05, 0.1) is 34.8 Å². The fraction of sp³-hybridized carbons (Fsp3) is 0.423. The largest absolute Gasteiger partial charge is 0.473 e. The third kappa shape index (κ3) is 4.47. The van der Waals surface area contributed by atoms with Crippen LogP contribution in [0.3, 0.4) is 0 Å². The fourth-order valence-corrected chi connectivity index (χ4v) is 6.91. The number of carbonyl (C=O) groups is 1. The lowest BCUT2D eigenvalue weighted by atomic mass is 9.84. The van der Waals surface area contributed by atoms with Gasteiger partial charge in [0.2, 0.25) is 0 Å². The first-order valence-electron chi connectivity index (χ1n) is 12.1. The number of ether oxygens (including phenoxy) is 1. The van der Waals surface area contributed by atoms with E-state index in [-0.39, 0.29) is 11.4 Å². The number of fused-ring (bicyclic) bond motifs is 2. The second-order valence-corrected chi connectivity index (χ2v) is 12.1. The van der Waals surface area contributed by atoms with Crippen molar-refractivity contribution in [2.75, 3.05) is 24.3 Å². The maximum atomic E-state index is 13.3. The summed E-state index contributed by atoms with van der Waals surface area (Å²) in [6.45, 7) is 4.98. The maximum Gasteiger partial charge on any atom is 0.322 e. The first-order valence-corrected chi connectivity index (χ1v) is 14.3. The van der Waals surface area contributed by atoms with Crippen LogP contribution in [0.2, 0.25) is 0 Å². The number of benzene rings is 1. The van der Waals surface area contributed by atoms with E-state index in [4.69, 9.17) is 9.72 Å². The quantitative estimate of drug-likeness (QED) is 0.366. The predicted molar refractivity (Wildman–Crippen MR) is 141 cm³/mol. The lowest BCUT2D eigenvalue weighted by Gasteiger charge is -2.24. The van der Waals surface area contributed by atoms with Gasteiger partial charge in [-0.15, -0.1) is 4.21 Å². The van der Waals surface area contributed by atoms with Crippen molar-refractivity contribution in [2.45, 2.75) is 56.4 Å². The van der Waals surface area contributed by atoms with Crippen LogP contribution in [-0.2, 0) is 27.0 Å². The Balaban J connectivity index is 1.38. The molecule has 0 bridgehead atoms. The van der Waals surface area contributed by atoms with Crippen LogP contribution in [0.15, 0.2) is 41.3 Å². The Kier molecular flexibility index (Phi) is 6.63. The number of nitrogens with zero attached hydrogens (tertiary/aromatic N) is 3. The number of pyridine rings is 1. The molecule has 1 aromatic carbocycles. The Labute approximate surface area is 212 Å². The summed E-state index contributed by atoms with van der Waals surface area (Å²) in [5.74, 6) is 0.632. The Morgan fingerprint density at radius 2 is 1.91 bits per heavy atom. The van der Waals surface area contributed by atoms with Crippen LogP contribution in [0.5, 0.6) is 5.19 Å². The van der Waals surface area contributed by atoms with Crippen molar-refractivity contribution in [1.82, 2.24) is 15.3 Å². The molecular formula is C26H31N4O3S2+. The summed E-state index contributed by atoms with van der Waals surface area (Å²) in [6, 6.07) is 11.6. The van der Waals surface area contributed by atoms with E-state index in [1.807, 2.05) is 55.1 Å². The minimum absolute atomic E-state index is 0.0849. The Bertz CT molecular complexity index is 1270. The minimum atomic E-state index is -1.34. The molecule has 1 atom stereocenters. The van der Waals surface area contributed by atoms with Crippen molar-refractivity contribution in [2.24, 2.45) is 0 Å². The van der Waals surface area contributed by atoms with Crippen LogP contribution in [0.25, 0.3) is 10.6 Å². The molecule has 184 valence electrons. The number of aromatic nitrogens is 2. The summed E-state index contributed by atoms with van der Waals surface area (Å²) < 4.78 is 17.3. The molecule has 3 heterocycles. The molecule has 9 heteroatoms. The van der Waals surface area contributed by atoms with Crippen molar-refractivity contribution >= 4 is 33.9 Å². The molecule has 1 unspecified atom stereocenters. The lowest BCUT2D eigenvalue weighted by molar-refractivity contribution is 0.245. The molecule has 3 aromatic rings. The van der Waals surface area contributed by atoms with Gasteiger partial charge in [0, 0.05) is 18.5 Å². The highest BCUT2D eigenvalue weighted by molar-refractivity contribution is 7.84. The van der Waals surface area contributed by atoms with E-state index < -0.39 is 10.8 Å². The Morgan fingerprint density at radius 1 is 1.17 bits per heavy atom. The molecule has 7 nitrogen and oxygen atoms in total. The van der Waals surface area contributed by atoms with Crippen molar-refractivity contribution in [3.63, 3.8) is 0 Å². The summed E-state index contributed by atoms with van der Waals surface area (Å²) in [7, 11) is 0.291. The zero-order valence-electron chi connectivity index (χ0n) is 20.3. The van der Waals surface area contributed by atoms with Crippen LogP contribution >= 0.6 is 11.3 Å². The second kappa shape index (κ2) is 9.70. The highest BCUT2D eigenvalue weighted by Crippen LogP contribution is 2.50. The molecule has 0 radical (unpaired) electrons. The van der Waals surface area contributed by atoms with E-state index in [9.17, 15) is 9.00 Å². The number of urea groups is 1. The number of hydrogen-bond donors (Lipinski definition) is 1. The molecule has 1 saturated carbocycles. The molecule has 2 aliphatic rings. The number of methoxy groups -OCH3 is 1. The minimum Gasteiger partial charge on any atom is -0.473 e. The Morgan fingerprint density at radius 3 is 2.57 bits per heavy atom. The highest BCUT2D eigenvalue weighted by atomic mass is 32.2. The molecule has 2 amide bonds. The maximum absolute atomic E-state index is 13.3. The molecular weight excluding hydrogens is 480 g/mol. The van der Waals surface area contributed by atoms with Crippen LogP contribution in [-0.4, -0.2) is 35.4 Å². The molecule has 35 heavy (non-hydrogen) atoms. The van der Waals surface area contributed by atoms with E-state index in [0.29, 0.717) is 24.0 Å². The van der Waals surface area contributed by atoms with Gasteiger partial charge in [0.1, 0.15) is 16.6 Å². The number of carbonyl (C=O) groups excluding carboxylic acids is 1. The van der Waals surface area contributed by atoms with E-state index in [1.54, 1.807) is 7.11 Å². The van der Waals surface area contributed by atoms with Crippen molar-refractivity contribution in [3.8, 4) is 15.8 Å². The first kappa shape index (κ1) is 23.9. The van der Waals surface area contributed by atoms with E-state index >= 15 is 0 Å². The molecule has 1 aliphatic heterocycles. The second-order valence-electron chi connectivity index (χ2n) is 9.26. The highest BCUT2D eigenvalue weighted by Gasteiger charge is 2.48. The van der Waals surface area contributed by atoms with Crippen molar-refractivity contribution < 1.29 is 13.7 Å². The van der Waals surface area contributed by atoms with Crippen LogP contribution in [0.4, 0.5) is 10.5 Å². The summed E-state index contributed by atoms with van der Waals surface area (Å²) >= 11 is 1.50. The Hall–Kier alpha value is -2.78. The number of anilines is 1. The third-order valence-corrected chi connectivity index (χ3v) is 9.66. The van der Waals surface area contributed by atoms with Gasteiger partial charge in [0.15, 0.2) is 4.90 Å². The van der Waals surface area contributed by atoms with Crippen molar-refractivity contribution in [1.29, 1.82) is 0 Å². The average Bonchev–Trinajstić information content (AvgIpc) is 3.60. The van der Waals surface area contributed by atoms with Gasteiger partial charge in [-0.3, -0.25) is 4.90 Å². The van der Waals surface area contributed by atoms with Gasteiger partial charge < -0.3 is 10.1 Å². The standard InChI is InChI=1S/C26H30N4O3S2/c1-4-35(32)19-9-7-18(8-10-19)15-27-24(31)30-16-26(13-5-6-14-26)23-21(30)12-11-20(29-23)22-17(2)28-25(33-3)34-22/h7-12H,4-6,13-16H2,1-3H3,(H,27,31)/p+1. The monoisotopic (exact) mass is 511 g/mol. The van der Waals surface area contributed by atoms with Crippen LogP contribution in [0.1, 0.15) is 49.6 Å². The zero-order valence-corrected chi connectivity index (χ0v) is 22.0. The predicted octanol–water partition coefficient (Wildman–Crippen LogP) is 5.14. The third-order valence-electron chi connectivity index (χ3n) is 7.07. The number of thiazole rings is 1.